The largest absolute Gasteiger partial charge is 0.507 e. The number of phenols is 1. The van der Waals surface area contributed by atoms with Crippen LogP contribution in [0.4, 0.5) is 24.7 Å². The predicted octanol–water partition coefficient (Wildman–Crippen LogP) is 5.31. The van der Waals surface area contributed by atoms with Crippen LogP contribution in [0.5, 0.6) is 5.75 Å². The van der Waals surface area contributed by atoms with Crippen molar-refractivity contribution in [2.24, 2.45) is 10.7 Å². The highest BCUT2D eigenvalue weighted by molar-refractivity contribution is 7.16. The lowest BCUT2D eigenvalue weighted by Gasteiger charge is -2.24. The molecule has 0 aliphatic carbocycles. The second-order valence-electron chi connectivity index (χ2n) is 8.82. The number of ether oxygens (including phenoxy) is 1. The first-order chi connectivity index (χ1) is 18.7. The van der Waals surface area contributed by atoms with Gasteiger partial charge < -0.3 is 25.8 Å². The van der Waals surface area contributed by atoms with E-state index in [9.17, 15) is 18.3 Å². The average Bonchev–Trinajstić information content (AvgIpc) is 3.35. The Morgan fingerprint density at radius 2 is 2.08 bits per heavy atom. The molecule has 0 saturated carbocycles. The lowest BCUT2D eigenvalue weighted by Crippen LogP contribution is -2.32. The normalized spacial score (nSPS) is 16.8. The summed E-state index contributed by atoms with van der Waals surface area (Å²) >= 11 is 1.51. The molecule has 0 spiro atoms. The summed E-state index contributed by atoms with van der Waals surface area (Å²) in [5.41, 5.74) is 9.83. The highest BCUT2D eigenvalue weighted by atomic mass is 32.1. The number of fused-ring (bicyclic) bond motifs is 2. The number of rotatable bonds is 6. The van der Waals surface area contributed by atoms with Crippen LogP contribution in [-0.2, 0) is 4.74 Å². The fraction of sp³-hybridized carbons (Fsp3) is 0.308. The standard InChI is InChI=1S/C20H16F2N6O2S.C6H12FN/c1-24-7-12(18(23)30-20(21)22)10-4-14-17(15(29)5-10)19(26-8-25-14)28-11-2-3-13-16(6-11)31-9-27-13;1-8-4-2-3-6(7)5-8/h2-9,20,29H,23H2,1H3,(H,25,26,28);6H,2-5H2,1H3/b18-12-,24-7?;. The number of thiazole rings is 1. The van der Waals surface area contributed by atoms with Crippen LogP contribution in [0, 0.1) is 0 Å². The average molecular weight is 560 g/mol. The van der Waals surface area contributed by atoms with Gasteiger partial charge in [0, 0.05) is 25.5 Å². The zero-order valence-electron chi connectivity index (χ0n) is 21.3. The Kier molecular flexibility index (Phi) is 9.15. The molecular formula is C26H28F3N7O2S. The van der Waals surface area contributed by atoms with Crippen molar-refractivity contribution in [3.05, 3.63) is 53.6 Å². The Morgan fingerprint density at radius 3 is 2.77 bits per heavy atom. The van der Waals surface area contributed by atoms with Gasteiger partial charge in [0.1, 0.15) is 24.1 Å². The minimum atomic E-state index is -3.09. The van der Waals surface area contributed by atoms with Crippen molar-refractivity contribution in [3.63, 3.8) is 0 Å². The highest BCUT2D eigenvalue weighted by Gasteiger charge is 2.17. The molecule has 13 heteroatoms. The number of phenolic OH excluding ortho intramolecular Hbond substituents is 1. The number of nitrogens with zero attached hydrogens (tertiary/aromatic N) is 5. The summed E-state index contributed by atoms with van der Waals surface area (Å²) in [7, 11) is 3.42. The maximum absolute atomic E-state index is 12.6. The molecule has 1 aliphatic rings. The molecule has 9 nitrogen and oxygen atoms in total. The Bertz CT molecular complexity index is 1490. The van der Waals surface area contributed by atoms with E-state index >= 15 is 0 Å². The third kappa shape index (κ3) is 7.12. The van der Waals surface area contributed by atoms with E-state index in [4.69, 9.17) is 5.73 Å². The lowest BCUT2D eigenvalue weighted by atomic mass is 10.0. The van der Waals surface area contributed by atoms with Crippen molar-refractivity contribution in [3.8, 4) is 5.75 Å². The SMILES string of the molecule is CN1CCCC(F)C1.CN=C/C(=C(\N)OC(F)F)c1cc(O)c2c(Nc3ccc4ncsc4c3)ncnc2c1. The van der Waals surface area contributed by atoms with Crippen molar-refractivity contribution in [1.82, 2.24) is 19.9 Å². The van der Waals surface area contributed by atoms with Crippen LogP contribution in [0.3, 0.4) is 0 Å². The van der Waals surface area contributed by atoms with Crippen LogP contribution in [0.1, 0.15) is 18.4 Å². The number of aromatic hydroxyl groups is 1. The first-order valence-corrected chi connectivity index (χ1v) is 12.9. The van der Waals surface area contributed by atoms with E-state index in [1.807, 2.05) is 30.1 Å². The summed E-state index contributed by atoms with van der Waals surface area (Å²) in [5.74, 6) is -0.310. The minimum absolute atomic E-state index is 0.0868. The van der Waals surface area contributed by atoms with Gasteiger partial charge in [0.25, 0.3) is 0 Å². The van der Waals surface area contributed by atoms with Crippen molar-refractivity contribution >= 4 is 55.7 Å². The molecule has 39 heavy (non-hydrogen) atoms. The quantitative estimate of drug-likeness (QED) is 0.215. The predicted molar refractivity (Wildman–Crippen MR) is 148 cm³/mol. The number of aliphatic imine (C=N–C) groups is 1. The fourth-order valence-electron chi connectivity index (χ4n) is 4.16. The van der Waals surface area contributed by atoms with Crippen molar-refractivity contribution in [2.75, 3.05) is 32.5 Å². The molecule has 2 aromatic carbocycles. The van der Waals surface area contributed by atoms with E-state index in [-0.39, 0.29) is 11.3 Å². The van der Waals surface area contributed by atoms with E-state index < -0.39 is 18.7 Å². The zero-order chi connectivity index (χ0) is 27.9. The van der Waals surface area contributed by atoms with Gasteiger partial charge in [0.05, 0.1) is 32.2 Å². The Morgan fingerprint density at radius 1 is 1.26 bits per heavy atom. The summed E-state index contributed by atoms with van der Waals surface area (Å²) in [5, 5.41) is 14.2. The van der Waals surface area contributed by atoms with Crippen LogP contribution < -0.4 is 11.1 Å². The number of alkyl halides is 3. The van der Waals surface area contributed by atoms with Crippen LogP contribution in [0.2, 0.25) is 0 Å². The van der Waals surface area contributed by atoms with E-state index in [1.54, 1.807) is 11.6 Å². The Balaban J connectivity index is 0.000000379. The maximum Gasteiger partial charge on any atom is 0.388 e. The lowest BCUT2D eigenvalue weighted by molar-refractivity contribution is -0.0960. The molecule has 0 amide bonds. The molecule has 3 heterocycles. The number of hydrogen-bond acceptors (Lipinski definition) is 10. The van der Waals surface area contributed by atoms with Gasteiger partial charge in [-0.1, -0.05) is 0 Å². The topological polar surface area (TPSA) is 122 Å². The molecule has 1 aliphatic heterocycles. The van der Waals surface area contributed by atoms with Gasteiger partial charge >= 0.3 is 6.61 Å². The second-order valence-corrected chi connectivity index (χ2v) is 9.70. The van der Waals surface area contributed by atoms with E-state index in [2.05, 4.69) is 30.0 Å². The smallest absolute Gasteiger partial charge is 0.388 e. The summed E-state index contributed by atoms with van der Waals surface area (Å²) in [4.78, 5) is 18.5. The van der Waals surface area contributed by atoms with Gasteiger partial charge in [0.15, 0.2) is 5.88 Å². The van der Waals surface area contributed by atoms with Crippen LogP contribution in [0.25, 0.3) is 26.7 Å². The third-order valence-electron chi connectivity index (χ3n) is 5.93. The first-order valence-electron chi connectivity index (χ1n) is 12.0. The third-order valence-corrected chi connectivity index (χ3v) is 6.72. The summed E-state index contributed by atoms with van der Waals surface area (Å²) in [6.07, 6.45) is 3.83. The summed E-state index contributed by atoms with van der Waals surface area (Å²) in [6, 6.07) is 8.59. The Hall–Kier alpha value is -3.97. The maximum atomic E-state index is 12.6. The molecule has 0 radical (unpaired) electrons. The van der Waals surface area contributed by atoms with Crippen LogP contribution in [0.15, 0.2) is 53.0 Å². The molecule has 1 atom stereocenters. The molecule has 2 aromatic heterocycles. The Labute approximate surface area is 226 Å². The van der Waals surface area contributed by atoms with E-state index in [0.717, 1.165) is 35.3 Å². The molecular weight excluding hydrogens is 531 g/mol. The van der Waals surface area contributed by atoms with Gasteiger partial charge in [0.2, 0.25) is 0 Å². The van der Waals surface area contributed by atoms with E-state index in [0.29, 0.717) is 28.8 Å². The number of nitrogens with two attached hydrogens (primary N) is 1. The number of halogens is 3. The minimum Gasteiger partial charge on any atom is -0.507 e. The van der Waals surface area contributed by atoms with Crippen molar-refractivity contribution < 1.29 is 23.0 Å². The number of benzene rings is 2. The van der Waals surface area contributed by atoms with Gasteiger partial charge in [-0.3, -0.25) is 4.99 Å². The van der Waals surface area contributed by atoms with Crippen molar-refractivity contribution in [2.45, 2.75) is 25.6 Å². The zero-order valence-corrected chi connectivity index (χ0v) is 22.1. The number of aromatic nitrogens is 3. The number of likely N-dealkylation sites (tertiary alicyclic amines) is 1. The highest BCUT2D eigenvalue weighted by Crippen LogP contribution is 2.35. The van der Waals surface area contributed by atoms with Crippen molar-refractivity contribution in [1.29, 1.82) is 0 Å². The molecule has 4 aromatic rings. The van der Waals surface area contributed by atoms with Gasteiger partial charge in [-0.25, -0.2) is 19.3 Å². The van der Waals surface area contributed by atoms with Crippen LogP contribution >= 0.6 is 11.3 Å². The number of nitrogens with one attached hydrogen (secondary N) is 1. The number of anilines is 2. The number of piperidine rings is 1. The molecule has 1 unspecified atom stereocenters. The number of allylic oxidation sites excluding steroid dienone is 1. The number of hydrogen-bond donors (Lipinski definition) is 3. The molecule has 206 valence electrons. The van der Waals surface area contributed by atoms with Crippen LogP contribution in [-0.4, -0.2) is 71.1 Å². The molecule has 5 rings (SSSR count). The summed E-state index contributed by atoms with van der Waals surface area (Å²) in [6.45, 7) is -1.39. The molecule has 1 saturated heterocycles. The fourth-order valence-corrected chi connectivity index (χ4v) is 4.88. The van der Waals surface area contributed by atoms with Gasteiger partial charge in [-0.05, 0) is 62.3 Å². The van der Waals surface area contributed by atoms with E-state index in [1.165, 1.54) is 37.0 Å². The second kappa shape index (κ2) is 12.7. The molecule has 0 bridgehead atoms. The monoisotopic (exact) mass is 559 g/mol. The summed E-state index contributed by atoms with van der Waals surface area (Å²) < 4.78 is 42.9. The van der Waals surface area contributed by atoms with Gasteiger partial charge in [-0.2, -0.15) is 8.78 Å². The molecule has 4 N–H and O–H groups in total. The molecule has 1 fully saturated rings. The van der Waals surface area contributed by atoms with Gasteiger partial charge in [-0.15, -0.1) is 11.3 Å². The first kappa shape index (κ1) is 28.0.